The summed E-state index contributed by atoms with van der Waals surface area (Å²) >= 11 is 0. The number of nitrogens with zero attached hydrogens (tertiary/aromatic N) is 3. The van der Waals surface area contributed by atoms with Crippen molar-refractivity contribution in [1.82, 2.24) is 15.4 Å². The molecule has 0 atom stereocenters. The van der Waals surface area contributed by atoms with Gasteiger partial charge in [-0.25, -0.2) is 0 Å². The normalized spacial score (nSPS) is 11.7. The van der Waals surface area contributed by atoms with E-state index in [0.717, 1.165) is 12.2 Å². The van der Waals surface area contributed by atoms with Crippen LogP contribution < -0.4 is 4.71 Å². The number of H-pyrrole nitrogens is 1. The molecule has 0 unspecified atom stereocenters. The molecule has 0 amide bonds. The van der Waals surface area contributed by atoms with E-state index >= 15 is 0 Å². The van der Waals surface area contributed by atoms with E-state index in [1.165, 1.54) is 0 Å². The first-order chi connectivity index (χ1) is 5.53. The van der Waals surface area contributed by atoms with E-state index in [0.29, 0.717) is 0 Å². The van der Waals surface area contributed by atoms with Gasteiger partial charge in [-0.05, 0) is 10.4 Å². The lowest BCUT2D eigenvalue weighted by molar-refractivity contribution is -0.660. The molecule has 0 fully saturated rings. The summed E-state index contributed by atoms with van der Waals surface area (Å²) in [6, 6.07) is 0. The van der Waals surface area contributed by atoms with Crippen LogP contribution in [0.5, 0.6) is 0 Å². The topological polar surface area (TPSA) is 45.5 Å². The molecule has 0 saturated carbocycles. The van der Waals surface area contributed by atoms with Crippen molar-refractivity contribution in [2.75, 3.05) is 0 Å². The summed E-state index contributed by atoms with van der Waals surface area (Å²) in [4.78, 5) is 0. The second kappa shape index (κ2) is 3.25. The maximum Gasteiger partial charge on any atom is 0.464 e. The smallest absolute Gasteiger partial charge is 0.133 e. The number of aromatic nitrogens is 4. The highest BCUT2D eigenvalue weighted by Crippen LogP contribution is 2.24. The molecule has 0 bridgehead atoms. The van der Waals surface area contributed by atoms with E-state index in [1.807, 2.05) is 14.3 Å². The first-order valence-electron chi connectivity index (χ1n) is 4.20. The van der Waals surface area contributed by atoms with E-state index in [-0.39, 0.29) is 5.31 Å². The summed E-state index contributed by atoms with van der Waals surface area (Å²) < 4.78 is 1.67. The highest BCUT2D eigenvalue weighted by Gasteiger charge is 2.26. The Hall–Kier alpha value is -0.865. The number of hydrogen-bond donors (Lipinski definition) is 1. The van der Waals surface area contributed by atoms with E-state index in [4.69, 9.17) is 0 Å². The molecule has 65 valence electrons. The quantitative estimate of drug-likeness (QED) is 0.663. The lowest BCUT2D eigenvalue weighted by Crippen LogP contribution is -2.49. The van der Waals surface area contributed by atoms with Crippen LogP contribution >= 0.6 is 0 Å². The largest absolute Gasteiger partial charge is 0.464 e. The second-order valence-electron chi connectivity index (χ2n) is 3.67. The monoisotopic (exact) mass is 166 g/mol. The van der Waals surface area contributed by atoms with Crippen molar-refractivity contribution < 1.29 is 4.71 Å². The third-order valence-corrected chi connectivity index (χ3v) is 1.95. The Morgan fingerprint density at radius 2 is 2.25 bits per heavy atom. The zero-order valence-corrected chi connectivity index (χ0v) is 8.13. The van der Waals surface area contributed by atoms with E-state index in [2.05, 4.69) is 36.2 Å². The Morgan fingerprint density at radius 1 is 1.58 bits per heavy atom. The zero-order chi connectivity index (χ0) is 9.19. The lowest BCUT2D eigenvalue weighted by Gasteiger charge is -2.14. The van der Waals surface area contributed by atoms with Gasteiger partial charge in [0.15, 0.2) is 0 Å². The summed E-state index contributed by atoms with van der Waals surface area (Å²) in [6.07, 6.45) is 1.08. The molecule has 4 nitrogen and oxygen atoms in total. The van der Waals surface area contributed by atoms with Crippen molar-refractivity contribution in [2.24, 2.45) is 0 Å². The molecule has 0 aliphatic rings. The average Bonchev–Trinajstić information content (AvgIpc) is 2.35. The minimum absolute atomic E-state index is 0.163. The Balaban J connectivity index is 2.63. The summed E-state index contributed by atoms with van der Waals surface area (Å²) in [5.74, 6) is 0.762. The molecule has 1 aromatic rings. The summed E-state index contributed by atoms with van der Waals surface area (Å²) in [5.41, 5.74) is 0. The predicted octanol–water partition coefficient (Wildman–Crippen LogP) is 0.476. The number of nitrogens with one attached hydrogen (secondary N) is 1. The molecule has 1 heterocycles. The summed E-state index contributed by atoms with van der Waals surface area (Å²) in [5, 5.41) is 11.0. The van der Waals surface area contributed by atoms with Gasteiger partial charge in [0, 0.05) is 6.92 Å². The van der Waals surface area contributed by atoms with Crippen LogP contribution in [0.4, 0.5) is 0 Å². The van der Waals surface area contributed by atoms with E-state index in [9.17, 15) is 0 Å². The molecule has 1 N–H and O–H groups in total. The van der Waals surface area contributed by atoms with Crippen LogP contribution in [-0.2, 0) is 0 Å². The summed E-state index contributed by atoms with van der Waals surface area (Å²) in [7, 11) is 2.03. The third kappa shape index (κ3) is 2.32. The molecule has 0 aromatic carbocycles. The van der Waals surface area contributed by atoms with Crippen LogP contribution in [-0.4, -0.2) is 22.8 Å². The molecule has 0 aliphatic heterocycles. The van der Waals surface area contributed by atoms with E-state index in [1.54, 1.807) is 4.71 Å². The van der Waals surface area contributed by atoms with Gasteiger partial charge in [-0.1, -0.05) is 32.4 Å². The minimum Gasteiger partial charge on any atom is -0.133 e. The SMILES string of the molecule is CCC(C)(C)[B][n+]1nc(C)n[nH]1. The first-order valence-corrected chi connectivity index (χ1v) is 4.20. The number of hydrogen-bond acceptors (Lipinski definition) is 2. The fraction of sp³-hybridized carbons (Fsp3) is 0.857. The van der Waals surface area contributed by atoms with Gasteiger partial charge in [-0.2, -0.15) is 0 Å². The summed E-state index contributed by atoms with van der Waals surface area (Å²) in [6.45, 7) is 8.34. The molecule has 5 heteroatoms. The number of aromatic amines is 1. The van der Waals surface area contributed by atoms with Crippen LogP contribution in [0.1, 0.15) is 33.0 Å². The van der Waals surface area contributed by atoms with Crippen LogP contribution in [0.15, 0.2) is 0 Å². The molecule has 1 rings (SSSR count). The maximum atomic E-state index is 4.14. The molecular weight excluding hydrogens is 151 g/mol. The second-order valence-corrected chi connectivity index (χ2v) is 3.67. The van der Waals surface area contributed by atoms with Gasteiger partial charge in [-0.15, -0.1) is 4.71 Å². The molecule has 1 radical (unpaired) electrons. The number of tetrazole rings is 1. The molecule has 0 spiro atoms. The van der Waals surface area contributed by atoms with Gasteiger partial charge in [0.05, 0.1) is 5.10 Å². The van der Waals surface area contributed by atoms with Crippen molar-refractivity contribution in [1.29, 1.82) is 0 Å². The molecule has 0 aliphatic carbocycles. The Bertz CT molecular complexity index is 256. The van der Waals surface area contributed by atoms with Crippen molar-refractivity contribution in [2.45, 2.75) is 39.4 Å². The molecular formula is C7H15BN4+. The number of aryl methyl sites for hydroxylation is 1. The first kappa shape index (κ1) is 9.22. The fourth-order valence-corrected chi connectivity index (χ4v) is 0.804. The van der Waals surface area contributed by atoms with Crippen LogP contribution in [0.25, 0.3) is 0 Å². The van der Waals surface area contributed by atoms with Crippen molar-refractivity contribution in [3.63, 3.8) is 0 Å². The van der Waals surface area contributed by atoms with E-state index < -0.39 is 0 Å². The van der Waals surface area contributed by atoms with Crippen LogP contribution in [0, 0.1) is 6.92 Å². The van der Waals surface area contributed by atoms with Gasteiger partial charge < -0.3 is 0 Å². The molecule has 12 heavy (non-hydrogen) atoms. The van der Waals surface area contributed by atoms with Crippen LogP contribution in [0.2, 0.25) is 5.31 Å². The standard InChI is InChI=1S/C7H15BN4/c1-5-7(3,4)8-12-10-6(2)9-11-12/h5H2,1-4H3,(H,9,10,11)/q+1. The Labute approximate surface area is 73.6 Å². The van der Waals surface area contributed by atoms with Gasteiger partial charge in [0.1, 0.15) is 0 Å². The Morgan fingerprint density at radius 3 is 2.67 bits per heavy atom. The maximum absolute atomic E-state index is 4.14. The number of rotatable bonds is 3. The van der Waals surface area contributed by atoms with Crippen molar-refractivity contribution in [3.05, 3.63) is 5.82 Å². The average molecular weight is 166 g/mol. The van der Waals surface area contributed by atoms with Gasteiger partial charge in [0.2, 0.25) is 0 Å². The van der Waals surface area contributed by atoms with Crippen molar-refractivity contribution >= 4 is 7.41 Å². The molecule has 1 aromatic heterocycles. The predicted molar refractivity (Wildman–Crippen MR) is 46.8 cm³/mol. The lowest BCUT2D eigenvalue weighted by atomic mass is 9.62. The highest BCUT2D eigenvalue weighted by molar-refractivity contribution is 6.28. The molecule has 0 saturated heterocycles. The Kier molecular flexibility index (Phi) is 2.50. The van der Waals surface area contributed by atoms with Gasteiger partial charge >= 0.3 is 13.2 Å². The zero-order valence-electron chi connectivity index (χ0n) is 8.13. The highest BCUT2D eigenvalue weighted by atomic mass is 15.5. The van der Waals surface area contributed by atoms with Gasteiger partial charge in [-0.3, -0.25) is 0 Å². The van der Waals surface area contributed by atoms with Gasteiger partial charge in [0.25, 0.3) is 0 Å². The van der Waals surface area contributed by atoms with Crippen LogP contribution in [0.3, 0.4) is 0 Å². The third-order valence-electron chi connectivity index (χ3n) is 1.95. The fourth-order valence-electron chi connectivity index (χ4n) is 0.804. The van der Waals surface area contributed by atoms with Crippen molar-refractivity contribution in [3.8, 4) is 0 Å². The minimum atomic E-state index is 0.163.